The summed E-state index contributed by atoms with van der Waals surface area (Å²) in [5, 5.41) is 27.7. The van der Waals surface area contributed by atoms with Crippen molar-refractivity contribution in [3.8, 4) is 5.75 Å². The molecule has 2 heterocycles. The second kappa shape index (κ2) is 5.48. The Morgan fingerprint density at radius 1 is 1.25 bits per heavy atom. The predicted molar refractivity (Wildman–Crippen MR) is 89.6 cm³/mol. The number of hydrogen-bond acceptors (Lipinski definition) is 6. The Labute approximate surface area is 141 Å². The normalized spacial score (nSPS) is 19.0. The lowest BCUT2D eigenvalue weighted by atomic mass is 9.94. The summed E-state index contributed by atoms with van der Waals surface area (Å²) in [7, 11) is 0. The number of nitrogens with zero attached hydrogens (tertiary/aromatic N) is 1. The van der Waals surface area contributed by atoms with E-state index >= 15 is 0 Å². The molecular weight excluding hydrogens is 330 g/mol. The lowest BCUT2D eigenvalue weighted by Gasteiger charge is -2.26. The number of anilines is 1. The van der Waals surface area contributed by atoms with E-state index in [1.165, 1.54) is 23.1 Å². The number of nitro benzene ring substituents is 1. The summed E-state index contributed by atoms with van der Waals surface area (Å²) in [5.41, 5.74) is 1.88. The van der Waals surface area contributed by atoms with Gasteiger partial charge in [0.05, 0.1) is 16.1 Å². The van der Waals surface area contributed by atoms with Crippen LogP contribution in [0.25, 0.3) is 0 Å². The van der Waals surface area contributed by atoms with Crippen LogP contribution in [0.15, 0.2) is 18.2 Å². The van der Waals surface area contributed by atoms with Gasteiger partial charge in [-0.2, -0.15) is 0 Å². The first-order chi connectivity index (χ1) is 11.5. The van der Waals surface area contributed by atoms with E-state index in [-0.39, 0.29) is 22.9 Å². The number of aryl methyl sites for hydroxylation is 1. The summed E-state index contributed by atoms with van der Waals surface area (Å²) < 4.78 is 0. The molecule has 1 aromatic carbocycles. The molecular formula is C16H15N3O4S. The molecule has 1 aliphatic heterocycles. The average Bonchev–Trinajstić information content (AvgIpc) is 2.93. The fourth-order valence-electron chi connectivity index (χ4n) is 3.37. The third-order valence-corrected chi connectivity index (χ3v) is 5.69. The predicted octanol–water partition coefficient (Wildman–Crippen LogP) is 3.09. The van der Waals surface area contributed by atoms with Gasteiger partial charge in [0, 0.05) is 10.9 Å². The molecule has 8 heteroatoms. The Hall–Kier alpha value is -2.61. The van der Waals surface area contributed by atoms with Crippen molar-refractivity contribution >= 4 is 27.9 Å². The number of aromatic hydroxyl groups is 1. The summed E-state index contributed by atoms with van der Waals surface area (Å²) in [6, 6.07) is 3.82. The number of carbonyl (C=O) groups is 1. The van der Waals surface area contributed by atoms with E-state index in [1.54, 1.807) is 11.3 Å². The van der Waals surface area contributed by atoms with Crippen molar-refractivity contribution in [2.24, 2.45) is 0 Å². The van der Waals surface area contributed by atoms with Crippen LogP contribution < -0.4 is 10.6 Å². The summed E-state index contributed by atoms with van der Waals surface area (Å²) in [5.74, 6) is -0.297. The van der Waals surface area contributed by atoms with E-state index in [4.69, 9.17) is 0 Å². The molecule has 4 rings (SSSR count). The zero-order valence-electron chi connectivity index (χ0n) is 12.7. The Balaban J connectivity index is 1.76. The monoisotopic (exact) mass is 345 g/mol. The number of thiophene rings is 1. The Kier molecular flexibility index (Phi) is 3.42. The maximum absolute atomic E-state index is 12.6. The van der Waals surface area contributed by atoms with Crippen LogP contribution in [0.1, 0.15) is 45.4 Å². The van der Waals surface area contributed by atoms with Gasteiger partial charge in [-0.1, -0.05) is 0 Å². The number of nitrogens with one attached hydrogen (secondary N) is 2. The number of phenols is 1. The van der Waals surface area contributed by atoms with Crippen LogP contribution in [0.3, 0.4) is 0 Å². The fourth-order valence-corrected chi connectivity index (χ4v) is 4.69. The highest BCUT2D eigenvalue weighted by molar-refractivity contribution is 7.16. The molecule has 3 N–H and O–H groups in total. The topological polar surface area (TPSA) is 104 Å². The van der Waals surface area contributed by atoms with Crippen LogP contribution in [0.2, 0.25) is 0 Å². The van der Waals surface area contributed by atoms with Gasteiger partial charge in [0.25, 0.3) is 11.6 Å². The van der Waals surface area contributed by atoms with E-state index in [2.05, 4.69) is 10.6 Å². The number of phenolic OH excluding ortho intramolecular Hbond substituents is 1. The van der Waals surface area contributed by atoms with E-state index < -0.39 is 11.1 Å². The van der Waals surface area contributed by atoms with Crippen molar-refractivity contribution < 1.29 is 14.8 Å². The van der Waals surface area contributed by atoms with Gasteiger partial charge >= 0.3 is 0 Å². The van der Waals surface area contributed by atoms with Gasteiger partial charge in [0.1, 0.15) is 16.9 Å². The molecule has 1 aromatic heterocycles. The SMILES string of the molecule is O=C1NC(c2cc(O)ccc2[N+](=O)[O-])Nc2sc3c(c21)CCCC3. The maximum atomic E-state index is 12.6. The minimum absolute atomic E-state index is 0.0806. The summed E-state index contributed by atoms with van der Waals surface area (Å²) >= 11 is 1.55. The number of rotatable bonds is 2. The number of hydrogen-bond donors (Lipinski definition) is 3. The van der Waals surface area contributed by atoms with E-state index in [9.17, 15) is 20.0 Å². The third kappa shape index (κ3) is 2.30. The van der Waals surface area contributed by atoms with E-state index in [0.717, 1.165) is 36.2 Å². The first kappa shape index (κ1) is 14.9. The highest BCUT2D eigenvalue weighted by atomic mass is 32.1. The fraction of sp³-hybridized carbons (Fsp3) is 0.312. The molecule has 1 aliphatic carbocycles. The minimum atomic E-state index is -0.738. The molecule has 24 heavy (non-hydrogen) atoms. The first-order valence-electron chi connectivity index (χ1n) is 7.74. The smallest absolute Gasteiger partial charge is 0.276 e. The van der Waals surface area contributed by atoms with Crippen LogP contribution in [-0.2, 0) is 12.8 Å². The number of nitro groups is 1. The van der Waals surface area contributed by atoms with Gasteiger partial charge in [-0.25, -0.2) is 0 Å². The molecule has 0 saturated heterocycles. The third-order valence-electron chi connectivity index (χ3n) is 4.47. The molecule has 2 aromatic rings. The van der Waals surface area contributed by atoms with Gasteiger partial charge in [0.2, 0.25) is 0 Å². The van der Waals surface area contributed by atoms with Crippen molar-refractivity contribution in [3.05, 3.63) is 49.9 Å². The molecule has 0 spiro atoms. The van der Waals surface area contributed by atoms with Crippen molar-refractivity contribution in [1.82, 2.24) is 5.32 Å². The Morgan fingerprint density at radius 2 is 2.04 bits per heavy atom. The molecule has 0 radical (unpaired) electrons. The summed E-state index contributed by atoms with van der Waals surface area (Å²) in [6.45, 7) is 0. The Morgan fingerprint density at radius 3 is 2.83 bits per heavy atom. The number of amides is 1. The van der Waals surface area contributed by atoms with Crippen molar-refractivity contribution in [3.63, 3.8) is 0 Å². The summed E-state index contributed by atoms with van der Waals surface area (Å²) in [6.07, 6.45) is 3.32. The average molecular weight is 345 g/mol. The van der Waals surface area contributed by atoms with Crippen LogP contribution in [0, 0.1) is 10.1 Å². The molecule has 124 valence electrons. The second-order valence-electron chi connectivity index (χ2n) is 5.97. The molecule has 1 unspecified atom stereocenters. The Bertz CT molecular complexity index is 861. The molecule has 2 aliphatic rings. The van der Waals surface area contributed by atoms with E-state index in [1.807, 2.05) is 0 Å². The van der Waals surface area contributed by atoms with Crippen molar-refractivity contribution in [1.29, 1.82) is 0 Å². The quantitative estimate of drug-likeness (QED) is 0.573. The van der Waals surface area contributed by atoms with Crippen LogP contribution in [0.4, 0.5) is 10.7 Å². The maximum Gasteiger partial charge on any atom is 0.276 e. The second-order valence-corrected chi connectivity index (χ2v) is 7.07. The molecule has 7 nitrogen and oxygen atoms in total. The molecule has 0 saturated carbocycles. The zero-order valence-corrected chi connectivity index (χ0v) is 13.5. The minimum Gasteiger partial charge on any atom is -0.508 e. The van der Waals surface area contributed by atoms with Gasteiger partial charge in [-0.3, -0.25) is 14.9 Å². The number of carbonyl (C=O) groups excluding carboxylic acids is 1. The largest absolute Gasteiger partial charge is 0.508 e. The van der Waals surface area contributed by atoms with Crippen molar-refractivity contribution in [2.45, 2.75) is 31.8 Å². The van der Waals surface area contributed by atoms with Crippen molar-refractivity contribution in [2.75, 3.05) is 5.32 Å². The lowest BCUT2D eigenvalue weighted by Crippen LogP contribution is -2.38. The first-order valence-corrected chi connectivity index (χ1v) is 8.55. The highest BCUT2D eigenvalue weighted by Gasteiger charge is 2.34. The van der Waals surface area contributed by atoms with Crippen LogP contribution >= 0.6 is 11.3 Å². The number of fused-ring (bicyclic) bond motifs is 3. The standard InChI is InChI=1S/C16H15N3O4S/c20-8-5-6-11(19(22)23)10(7-8)14-17-15(21)13-9-3-1-2-4-12(9)24-16(13)18-14/h5-7,14,18,20H,1-4H2,(H,17,21). The van der Waals surface area contributed by atoms with Gasteiger partial charge < -0.3 is 15.7 Å². The zero-order chi connectivity index (χ0) is 16.8. The van der Waals surface area contributed by atoms with Gasteiger partial charge in [-0.15, -0.1) is 11.3 Å². The van der Waals surface area contributed by atoms with Crippen LogP contribution in [-0.4, -0.2) is 15.9 Å². The van der Waals surface area contributed by atoms with Crippen LogP contribution in [0.5, 0.6) is 5.75 Å². The number of benzene rings is 1. The lowest BCUT2D eigenvalue weighted by molar-refractivity contribution is -0.385. The molecule has 0 bridgehead atoms. The molecule has 1 atom stereocenters. The van der Waals surface area contributed by atoms with Gasteiger partial charge in [0.15, 0.2) is 0 Å². The van der Waals surface area contributed by atoms with Gasteiger partial charge in [-0.05, 0) is 43.4 Å². The van der Waals surface area contributed by atoms with E-state index in [0.29, 0.717) is 5.56 Å². The summed E-state index contributed by atoms with van der Waals surface area (Å²) in [4.78, 5) is 24.5. The highest BCUT2D eigenvalue weighted by Crippen LogP contribution is 2.42. The molecule has 1 amide bonds. The molecule has 0 fully saturated rings.